The van der Waals surface area contributed by atoms with E-state index < -0.39 is 9.84 Å². The van der Waals surface area contributed by atoms with Crippen LogP contribution in [0.2, 0.25) is 0 Å². The van der Waals surface area contributed by atoms with Crippen molar-refractivity contribution >= 4 is 44.0 Å². The van der Waals surface area contributed by atoms with Crippen LogP contribution in [0.4, 0.5) is 11.4 Å². The van der Waals surface area contributed by atoms with Crippen molar-refractivity contribution in [3.05, 3.63) is 83.9 Å². The van der Waals surface area contributed by atoms with Crippen LogP contribution < -0.4 is 19.3 Å². The minimum Gasteiger partial charge on any atom is -0.493 e. The lowest BCUT2D eigenvalue weighted by molar-refractivity contribution is -0.117. The topological polar surface area (TPSA) is 88.5 Å². The summed E-state index contributed by atoms with van der Waals surface area (Å²) in [5, 5.41) is 0.408. The fourth-order valence-corrected chi connectivity index (χ4v) is 10.3. The molecule has 3 aliphatic rings. The van der Waals surface area contributed by atoms with Crippen molar-refractivity contribution in [1.82, 2.24) is 0 Å². The van der Waals surface area contributed by atoms with Gasteiger partial charge in [0.15, 0.2) is 26.5 Å². The zero-order chi connectivity index (χ0) is 30.0. The second kappa shape index (κ2) is 12.6. The van der Waals surface area contributed by atoms with E-state index in [1.165, 1.54) is 17.3 Å². The Morgan fingerprint density at radius 1 is 0.884 bits per heavy atom. The van der Waals surface area contributed by atoms with Crippen LogP contribution in [0.5, 0.6) is 11.5 Å². The number of nitrogens with zero attached hydrogens (tertiary/aromatic N) is 3. The molecule has 3 aliphatic heterocycles. The maximum Gasteiger partial charge on any atom is 0.252 e. The highest BCUT2D eigenvalue weighted by Gasteiger charge is 2.49. The lowest BCUT2D eigenvalue weighted by Crippen LogP contribution is -2.38. The zero-order valence-electron chi connectivity index (χ0n) is 24.5. The summed E-state index contributed by atoms with van der Waals surface area (Å²) < 4.78 is 35.7. The number of amidine groups is 1. The van der Waals surface area contributed by atoms with Gasteiger partial charge in [0.25, 0.3) is 5.91 Å². The van der Waals surface area contributed by atoms with Crippen molar-refractivity contribution in [2.75, 3.05) is 48.6 Å². The number of fused-ring (bicyclic) bond motifs is 1. The number of hydrogen-bond donors (Lipinski definition) is 0. The summed E-state index contributed by atoms with van der Waals surface area (Å²) in [6.07, 6.45) is 3.53. The molecule has 0 bridgehead atoms. The number of amides is 1. The van der Waals surface area contributed by atoms with Gasteiger partial charge in [-0.25, -0.2) is 8.42 Å². The molecule has 3 aromatic rings. The maximum absolute atomic E-state index is 13.1. The van der Waals surface area contributed by atoms with E-state index in [2.05, 4.69) is 52.4 Å². The molecule has 3 heterocycles. The van der Waals surface area contributed by atoms with Crippen molar-refractivity contribution in [2.45, 2.75) is 37.0 Å². The molecule has 2 atom stereocenters. The van der Waals surface area contributed by atoms with Crippen LogP contribution in [0.15, 0.2) is 77.8 Å². The Morgan fingerprint density at radius 3 is 2.28 bits per heavy atom. The average molecular weight is 620 g/mol. The number of sulfone groups is 1. The van der Waals surface area contributed by atoms with E-state index in [1.807, 2.05) is 23.1 Å². The first kappa shape index (κ1) is 29.6. The van der Waals surface area contributed by atoms with Crippen molar-refractivity contribution in [3.8, 4) is 11.5 Å². The first-order valence-corrected chi connectivity index (χ1v) is 17.4. The van der Waals surface area contributed by atoms with Crippen LogP contribution in [-0.4, -0.2) is 69.6 Å². The Morgan fingerprint density at radius 2 is 1.58 bits per heavy atom. The second-order valence-electron chi connectivity index (χ2n) is 11.5. The molecule has 0 N–H and O–H groups in total. The van der Waals surface area contributed by atoms with Crippen molar-refractivity contribution < 1.29 is 22.7 Å². The largest absolute Gasteiger partial charge is 0.493 e. The summed E-state index contributed by atoms with van der Waals surface area (Å²) in [6.45, 7) is 2.02. The number of rotatable bonds is 8. The Bertz CT molecular complexity index is 1590. The second-order valence-corrected chi connectivity index (χ2v) is 14.8. The third-order valence-corrected chi connectivity index (χ3v) is 11.8. The number of carbonyl (C=O) groups excluding carboxylic acids is 1. The normalized spacial score (nSPS) is 22.5. The number of carbonyl (C=O) groups is 1. The predicted octanol–water partition coefficient (Wildman–Crippen LogP) is 5.01. The maximum atomic E-state index is 13.1. The fraction of sp³-hybridized carbons (Fsp3) is 0.394. The lowest BCUT2D eigenvalue weighted by atomic mass is 9.90. The first-order chi connectivity index (χ1) is 20.8. The summed E-state index contributed by atoms with van der Waals surface area (Å²) >= 11 is 1.39. The SMILES string of the molecule is COc1ccc(CC(=O)N=C2S[C@@H]3CS(=O)(=O)C[C@@H]3N2c2ccc(N3CCC(Cc4ccccc4)CC3)cc2)cc1OC. The Hall–Kier alpha value is -3.50. The van der Waals surface area contributed by atoms with Gasteiger partial charge in [0, 0.05) is 29.7 Å². The molecule has 0 aliphatic carbocycles. The van der Waals surface area contributed by atoms with Gasteiger partial charge in [0.1, 0.15) is 0 Å². The summed E-state index contributed by atoms with van der Waals surface area (Å²) in [4.78, 5) is 22.0. The van der Waals surface area contributed by atoms with Crippen molar-refractivity contribution in [1.29, 1.82) is 0 Å². The van der Waals surface area contributed by atoms with E-state index in [4.69, 9.17) is 9.47 Å². The number of ether oxygens (including phenoxy) is 2. The molecular formula is C33H37N3O5S2. The van der Waals surface area contributed by atoms with Gasteiger partial charge in [0.05, 0.1) is 38.2 Å². The van der Waals surface area contributed by atoms with E-state index in [-0.39, 0.29) is 35.1 Å². The molecule has 1 amide bonds. The summed E-state index contributed by atoms with van der Waals surface area (Å²) in [6, 6.07) is 24.1. The van der Waals surface area contributed by atoms with Gasteiger partial charge >= 0.3 is 0 Å². The van der Waals surface area contributed by atoms with E-state index in [0.29, 0.717) is 22.6 Å². The monoisotopic (exact) mass is 619 g/mol. The number of methoxy groups -OCH3 is 2. The zero-order valence-corrected chi connectivity index (χ0v) is 26.1. The smallest absolute Gasteiger partial charge is 0.252 e. The van der Waals surface area contributed by atoms with Crippen LogP contribution in [0.25, 0.3) is 0 Å². The van der Waals surface area contributed by atoms with E-state index >= 15 is 0 Å². The standard InChI is InChI=1S/C33H37N3O5S2/c1-40-29-13-8-25(19-30(29)41-2)20-32(37)34-33-36(28-21-43(38,39)22-31(28)42-33)27-11-9-26(10-12-27)35-16-14-24(15-17-35)18-23-6-4-3-5-7-23/h3-13,19,24,28,31H,14-18,20-22H2,1-2H3/t28-,31+/m0/s1. The number of aliphatic imine (C=N–C) groups is 1. The molecule has 0 spiro atoms. The van der Waals surface area contributed by atoms with Crippen LogP contribution in [0, 0.1) is 5.92 Å². The first-order valence-electron chi connectivity index (χ1n) is 14.7. The molecule has 3 saturated heterocycles. The number of piperidine rings is 1. The molecule has 6 rings (SSSR count). The van der Waals surface area contributed by atoms with Gasteiger partial charge in [-0.2, -0.15) is 4.99 Å². The highest BCUT2D eigenvalue weighted by atomic mass is 32.2. The van der Waals surface area contributed by atoms with Crippen LogP contribution in [-0.2, 0) is 27.5 Å². The Labute approximate surface area is 258 Å². The highest BCUT2D eigenvalue weighted by Crippen LogP contribution is 2.41. The quantitative estimate of drug-likeness (QED) is 0.348. The van der Waals surface area contributed by atoms with Crippen LogP contribution in [0.3, 0.4) is 0 Å². The molecule has 226 valence electrons. The molecule has 3 fully saturated rings. The van der Waals surface area contributed by atoms with Gasteiger partial charge in [0.2, 0.25) is 0 Å². The highest BCUT2D eigenvalue weighted by molar-refractivity contribution is 8.16. The molecule has 8 nitrogen and oxygen atoms in total. The number of anilines is 2. The molecule has 0 unspecified atom stereocenters. The fourth-order valence-electron chi connectivity index (χ4n) is 6.34. The predicted molar refractivity (Wildman–Crippen MR) is 174 cm³/mol. The lowest BCUT2D eigenvalue weighted by Gasteiger charge is -2.34. The summed E-state index contributed by atoms with van der Waals surface area (Å²) in [5.41, 5.74) is 4.19. The molecule has 0 radical (unpaired) electrons. The van der Waals surface area contributed by atoms with E-state index in [9.17, 15) is 13.2 Å². The van der Waals surface area contributed by atoms with Gasteiger partial charge in [-0.05, 0) is 72.7 Å². The van der Waals surface area contributed by atoms with Crippen LogP contribution >= 0.6 is 11.8 Å². The molecule has 0 saturated carbocycles. The van der Waals surface area contributed by atoms with Crippen LogP contribution in [0.1, 0.15) is 24.0 Å². The number of benzene rings is 3. The van der Waals surface area contributed by atoms with Gasteiger partial charge in [-0.3, -0.25) is 4.79 Å². The summed E-state index contributed by atoms with van der Waals surface area (Å²) in [7, 11) is -0.0239. The summed E-state index contributed by atoms with van der Waals surface area (Å²) in [5.74, 6) is 1.70. The Balaban J connectivity index is 1.16. The van der Waals surface area contributed by atoms with Gasteiger partial charge in [-0.15, -0.1) is 0 Å². The molecule has 0 aromatic heterocycles. The van der Waals surface area contributed by atoms with Gasteiger partial charge < -0.3 is 19.3 Å². The minimum atomic E-state index is -3.15. The van der Waals surface area contributed by atoms with E-state index in [1.54, 1.807) is 26.4 Å². The van der Waals surface area contributed by atoms with Crippen molar-refractivity contribution in [2.24, 2.45) is 10.9 Å². The molecule has 43 heavy (non-hydrogen) atoms. The van der Waals surface area contributed by atoms with Gasteiger partial charge in [-0.1, -0.05) is 48.2 Å². The molecule has 3 aromatic carbocycles. The third-order valence-electron chi connectivity index (χ3n) is 8.56. The van der Waals surface area contributed by atoms with E-state index in [0.717, 1.165) is 49.3 Å². The minimum absolute atomic E-state index is 0.0598. The molecule has 10 heteroatoms. The third kappa shape index (κ3) is 6.70. The van der Waals surface area contributed by atoms with Crippen molar-refractivity contribution in [3.63, 3.8) is 0 Å². The molecular weight excluding hydrogens is 583 g/mol. The number of hydrogen-bond acceptors (Lipinski definition) is 7. The Kier molecular flexibility index (Phi) is 8.68. The number of thioether (sulfide) groups is 1. The average Bonchev–Trinajstić information content (AvgIpc) is 3.48.